The van der Waals surface area contributed by atoms with Gasteiger partial charge in [-0.05, 0) is 31.0 Å². The molecule has 8 heteroatoms. The van der Waals surface area contributed by atoms with Crippen LogP contribution in [0.5, 0.6) is 0 Å². The van der Waals surface area contributed by atoms with Crippen LogP contribution in [-0.4, -0.2) is 18.4 Å². The van der Waals surface area contributed by atoms with E-state index in [4.69, 9.17) is 0 Å². The molecule has 1 aliphatic rings. The maximum Gasteiger partial charge on any atom is 0.243 e. The van der Waals surface area contributed by atoms with Crippen molar-refractivity contribution in [2.45, 2.75) is 30.2 Å². The molecule has 0 aliphatic heterocycles. The summed E-state index contributed by atoms with van der Waals surface area (Å²) in [6.45, 7) is -0.0820. The molecule has 0 amide bonds. The van der Waals surface area contributed by atoms with E-state index in [-0.39, 0.29) is 6.54 Å². The first-order valence-corrected chi connectivity index (χ1v) is 8.19. The number of nitrogens with zero attached hydrogens (tertiary/aromatic N) is 2. The number of rotatable bonds is 5. The Morgan fingerprint density at radius 2 is 1.95 bits per heavy atom. The van der Waals surface area contributed by atoms with Crippen LogP contribution >= 0.6 is 0 Å². The smallest absolute Gasteiger partial charge is 0.241 e. The van der Waals surface area contributed by atoms with Gasteiger partial charge in [0, 0.05) is 17.7 Å². The van der Waals surface area contributed by atoms with Gasteiger partial charge < -0.3 is 0 Å². The van der Waals surface area contributed by atoms with Gasteiger partial charge in [0.1, 0.15) is 22.9 Å². The van der Waals surface area contributed by atoms with Crippen molar-refractivity contribution in [2.24, 2.45) is 0 Å². The predicted octanol–water partition coefficient (Wildman–Crippen LogP) is 2.11. The molecule has 1 fully saturated rings. The molecule has 1 N–H and O–H groups in total. The van der Waals surface area contributed by atoms with Crippen molar-refractivity contribution in [3.8, 4) is 0 Å². The van der Waals surface area contributed by atoms with Crippen LogP contribution in [-0.2, 0) is 16.6 Å². The van der Waals surface area contributed by atoms with Gasteiger partial charge in [0.15, 0.2) is 0 Å². The second-order valence-electron chi connectivity index (χ2n) is 5.11. The van der Waals surface area contributed by atoms with E-state index in [1.165, 1.54) is 6.33 Å². The fourth-order valence-corrected chi connectivity index (χ4v) is 3.11. The number of hydrogen-bond donors (Lipinski definition) is 1. The highest BCUT2D eigenvalue weighted by Gasteiger charge is 2.25. The molecule has 0 spiro atoms. The number of benzene rings is 1. The number of halogens is 2. The molecule has 1 aromatic carbocycles. The lowest BCUT2D eigenvalue weighted by atomic mass is 10.2. The van der Waals surface area contributed by atoms with Gasteiger partial charge in [0.25, 0.3) is 0 Å². The predicted molar refractivity (Wildman–Crippen MR) is 74.4 cm³/mol. The average molecular weight is 325 g/mol. The molecule has 116 valence electrons. The first-order valence-electron chi connectivity index (χ1n) is 6.71. The summed E-state index contributed by atoms with van der Waals surface area (Å²) in [6.07, 6.45) is 3.53. The highest BCUT2D eigenvalue weighted by atomic mass is 32.2. The van der Waals surface area contributed by atoms with E-state index in [9.17, 15) is 17.2 Å². The minimum Gasteiger partial charge on any atom is -0.241 e. The normalized spacial score (nSPS) is 15.0. The van der Waals surface area contributed by atoms with Crippen LogP contribution in [0.4, 0.5) is 8.78 Å². The number of sulfonamides is 1. The minimum absolute atomic E-state index is 0.0820. The zero-order valence-corrected chi connectivity index (χ0v) is 12.3. The third kappa shape index (κ3) is 3.28. The van der Waals surface area contributed by atoms with Gasteiger partial charge in [-0.2, -0.15) is 0 Å². The average Bonchev–Trinajstić information content (AvgIpc) is 3.30. The van der Waals surface area contributed by atoms with Gasteiger partial charge in [0.2, 0.25) is 10.0 Å². The van der Waals surface area contributed by atoms with Crippen molar-refractivity contribution in [2.75, 3.05) is 0 Å². The lowest BCUT2D eigenvalue weighted by molar-refractivity contribution is 0.542. The summed E-state index contributed by atoms with van der Waals surface area (Å²) in [5.41, 5.74) is 1.39. The first kappa shape index (κ1) is 15.0. The molecule has 0 radical (unpaired) electrons. The maximum atomic E-state index is 13.6. The molecule has 1 heterocycles. The van der Waals surface area contributed by atoms with Crippen LogP contribution in [0.15, 0.2) is 35.5 Å². The molecular formula is C14H13F2N3O2S. The van der Waals surface area contributed by atoms with Gasteiger partial charge in [-0.3, -0.25) is 0 Å². The third-order valence-corrected chi connectivity index (χ3v) is 4.80. The van der Waals surface area contributed by atoms with Crippen molar-refractivity contribution in [1.82, 2.24) is 14.7 Å². The molecule has 0 bridgehead atoms. The van der Waals surface area contributed by atoms with E-state index in [0.717, 1.165) is 30.7 Å². The van der Waals surface area contributed by atoms with Crippen LogP contribution in [0.3, 0.4) is 0 Å². The van der Waals surface area contributed by atoms with Gasteiger partial charge in [-0.1, -0.05) is 0 Å². The second kappa shape index (κ2) is 5.69. The van der Waals surface area contributed by atoms with Crippen molar-refractivity contribution in [1.29, 1.82) is 0 Å². The van der Waals surface area contributed by atoms with Gasteiger partial charge in [0.05, 0.1) is 12.2 Å². The van der Waals surface area contributed by atoms with E-state index in [0.29, 0.717) is 17.7 Å². The highest BCUT2D eigenvalue weighted by molar-refractivity contribution is 7.89. The van der Waals surface area contributed by atoms with Gasteiger partial charge in [-0.15, -0.1) is 0 Å². The van der Waals surface area contributed by atoms with E-state index in [1.807, 2.05) is 0 Å². The maximum absolute atomic E-state index is 13.6. The SMILES string of the molecule is O=S(=O)(NCc1cc(C2CC2)ncn1)c1ccc(F)cc1F. The standard InChI is InChI=1S/C14H13F2N3O2S/c15-10-3-4-14(12(16)5-10)22(20,21)19-7-11-6-13(9-1-2-9)18-8-17-11/h3-6,8-9,19H,1-2,7H2. The molecule has 5 nitrogen and oxygen atoms in total. The molecule has 1 saturated carbocycles. The Balaban J connectivity index is 1.75. The van der Waals surface area contributed by atoms with Crippen LogP contribution in [0.2, 0.25) is 0 Å². The highest BCUT2D eigenvalue weighted by Crippen LogP contribution is 2.38. The Labute approximate surface area is 126 Å². The molecular weight excluding hydrogens is 312 g/mol. The summed E-state index contributed by atoms with van der Waals surface area (Å²) in [4.78, 5) is 7.54. The third-order valence-electron chi connectivity index (χ3n) is 3.37. The van der Waals surface area contributed by atoms with E-state index in [2.05, 4.69) is 14.7 Å². The quantitative estimate of drug-likeness (QED) is 0.914. The van der Waals surface area contributed by atoms with Crippen molar-refractivity contribution < 1.29 is 17.2 Å². The number of nitrogens with one attached hydrogen (secondary N) is 1. The fraction of sp³-hybridized carbons (Fsp3) is 0.286. The lowest BCUT2D eigenvalue weighted by Crippen LogP contribution is -2.24. The molecule has 3 rings (SSSR count). The van der Waals surface area contributed by atoms with Crippen LogP contribution in [0.1, 0.15) is 30.1 Å². The number of hydrogen-bond acceptors (Lipinski definition) is 4. The molecule has 1 aromatic heterocycles. The molecule has 22 heavy (non-hydrogen) atoms. The summed E-state index contributed by atoms with van der Waals surface area (Å²) in [5, 5.41) is 0. The molecule has 0 unspecified atom stereocenters. The monoisotopic (exact) mass is 325 g/mol. The zero-order chi connectivity index (χ0) is 15.7. The lowest BCUT2D eigenvalue weighted by Gasteiger charge is -2.08. The molecule has 0 atom stereocenters. The molecule has 0 saturated heterocycles. The topological polar surface area (TPSA) is 72.0 Å². The van der Waals surface area contributed by atoms with Crippen molar-refractivity contribution >= 4 is 10.0 Å². The summed E-state index contributed by atoms with van der Waals surface area (Å²) in [7, 11) is -4.08. The fourth-order valence-electron chi connectivity index (χ4n) is 2.05. The van der Waals surface area contributed by atoms with Crippen LogP contribution < -0.4 is 4.72 Å². The van der Waals surface area contributed by atoms with E-state index >= 15 is 0 Å². The Bertz CT molecular complexity index is 807. The summed E-state index contributed by atoms with van der Waals surface area (Å²) in [5.74, 6) is -1.54. The second-order valence-corrected chi connectivity index (χ2v) is 6.84. The molecule has 2 aromatic rings. The largest absolute Gasteiger partial charge is 0.243 e. The Hall–Kier alpha value is -1.93. The van der Waals surface area contributed by atoms with Gasteiger partial charge in [-0.25, -0.2) is 31.9 Å². The zero-order valence-electron chi connectivity index (χ0n) is 11.5. The van der Waals surface area contributed by atoms with Crippen LogP contribution in [0, 0.1) is 11.6 Å². The van der Waals surface area contributed by atoms with Gasteiger partial charge >= 0.3 is 0 Å². The number of aromatic nitrogens is 2. The first-order chi connectivity index (χ1) is 10.5. The summed E-state index contributed by atoms with van der Waals surface area (Å²) < 4.78 is 52.8. The van der Waals surface area contributed by atoms with Crippen molar-refractivity contribution in [3.63, 3.8) is 0 Å². The Morgan fingerprint density at radius 3 is 2.64 bits per heavy atom. The summed E-state index contributed by atoms with van der Waals surface area (Å²) >= 11 is 0. The van der Waals surface area contributed by atoms with Crippen LogP contribution in [0.25, 0.3) is 0 Å². The van der Waals surface area contributed by atoms with Crippen molar-refractivity contribution in [3.05, 3.63) is 53.6 Å². The van der Waals surface area contributed by atoms with E-state index < -0.39 is 26.6 Å². The Morgan fingerprint density at radius 1 is 1.18 bits per heavy atom. The van der Waals surface area contributed by atoms with E-state index in [1.54, 1.807) is 6.07 Å². The summed E-state index contributed by atoms with van der Waals surface area (Å²) in [6, 6.07) is 4.06. The minimum atomic E-state index is -4.08. The molecule has 1 aliphatic carbocycles. The Kier molecular flexibility index (Phi) is 3.88.